The maximum Gasteiger partial charge on any atom is 0.214 e. The average molecular weight is 250 g/mol. The third-order valence-electron chi connectivity index (χ3n) is 2.58. The van der Waals surface area contributed by atoms with Crippen LogP contribution in [0, 0.1) is 13.8 Å². The zero-order valence-electron chi connectivity index (χ0n) is 9.86. The third-order valence-corrected chi connectivity index (χ3v) is 2.86. The van der Waals surface area contributed by atoms with Gasteiger partial charge in [-0.15, -0.1) is 0 Å². The molecule has 0 aliphatic heterocycles. The molecule has 0 amide bonds. The minimum atomic E-state index is -0.153. The quantitative estimate of drug-likeness (QED) is 0.768. The third kappa shape index (κ3) is 2.08. The highest BCUT2D eigenvalue weighted by atomic mass is 35.5. The Labute approximate surface area is 104 Å². The molecule has 0 aliphatic carbocycles. The second-order valence-corrected chi connectivity index (χ2v) is 4.29. The van der Waals surface area contributed by atoms with Crippen molar-refractivity contribution < 1.29 is 4.79 Å². The lowest BCUT2D eigenvalue weighted by Gasteiger charge is -2.06. The van der Waals surface area contributed by atoms with E-state index >= 15 is 0 Å². The zero-order chi connectivity index (χ0) is 12.6. The van der Waals surface area contributed by atoms with Crippen molar-refractivity contribution in [3.05, 3.63) is 46.0 Å². The predicted octanol–water partition coefficient (Wildman–Crippen LogP) is 2.32. The molecule has 88 valence electrons. The molecular weight excluding hydrogens is 238 g/mol. The van der Waals surface area contributed by atoms with E-state index in [0.717, 1.165) is 5.69 Å². The molecule has 0 atom stereocenters. The van der Waals surface area contributed by atoms with Crippen LogP contribution in [0.3, 0.4) is 0 Å². The first kappa shape index (κ1) is 11.8. The van der Waals surface area contributed by atoms with E-state index in [4.69, 9.17) is 11.6 Å². The lowest BCUT2D eigenvalue weighted by molar-refractivity contribution is 0.102. The first-order chi connectivity index (χ1) is 8.00. The van der Waals surface area contributed by atoms with Gasteiger partial charge >= 0.3 is 0 Å². The molecule has 0 saturated carbocycles. The highest BCUT2D eigenvalue weighted by molar-refractivity contribution is 6.34. The molecule has 0 unspecified atom stereocenters. The van der Waals surface area contributed by atoms with Crippen LogP contribution in [0.2, 0.25) is 5.02 Å². The maximum atomic E-state index is 12.3. The van der Waals surface area contributed by atoms with E-state index in [0.29, 0.717) is 22.0 Å². The normalized spacial score (nSPS) is 10.6. The fourth-order valence-corrected chi connectivity index (χ4v) is 1.97. The summed E-state index contributed by atoms with van der Waals surface area (Å²) in [6, 6.07) is 3.58. The lowest BCUT2D eigenvalue weighted by Crippen LogP contribution is -2.11. The molecule has 17 heavy (non-hydrogen) atoms. The van der Waals surface area contributed by atoms with Crippen molar-refractivity contribution >= 4 is 17.4 Å². The van der Waals surface area contributed by atoms with Crippen LogP contribution in [0.15, 0.2) is 18.3 Å². The second-order valence-electron chi connectivity index (χ2n) is 3.88. The number of nitrogens with zero attached hydrogens (tertiary/aromatic N) is 3. The smallest absolute Gasteiger partial charge is 0.214 e. The minimum absolute atomic E-state index is 0.153. The molecule has 0 spiro atoms. The van der Waals surface area contributed by atoms with Gasteiger partial charge in [-0.1, -0.05) is 11.6 Å². The SMILES string of the molecule is Cc1ccc(C(=O)c2c(Cl)cnn2C)c(C)n1. The summed E-state index contributed by atoms with van der Waals surface area (Å²) in [4.78, 5) is 16.6. The number of ketones is 1. The number of rotatable bonds is 2. The molecule has 2 heterocycles. The number of pyridine rings is 1. The summed E-state index contributed by atoms with van der Waals surface area (Å²) < 4.78 is 1.48. The molecule has 0 bridgehead atoms. The predicted molar refractivity (Wildman–Crippen MR) is 65.4 cm³/mol. The Morgan fingerprint density at radius 1 is 1.35 bits per heavy atom. The van der Waals surface area contributed by atoms with E-state index in [9.17, 15) is 4.79 Å². The van der Waals surface area contributed by atoms with Crippen LogP contribution in [-0.4, -0.2) is 20.5 Å². The molecule has 0 fully saturated rings. The second kappa shape index (κ2) is 4.30. The highest BCUT2D eigenvalue weighted by Crippen LogP contribution is 2.19. The molecule has 2 aromatic rings. The number of carbonyl (C=O) groups is 1. The van der Waals surface area contributed by atoms with E-state index < -0.39 is 0 Å². The molecule has 2 rings (SSSR count). The van der Waals surface area contributed by atoms with Gasteiger partial charge in [0.1, 0.15) is 5.69 Å². The fraction of sp³-hybridized carbons (Fsp3) is 0.250. The number of aromatic nitrogens is 3. The Kier molecular flexibility index (Phi) is 2.98. The van der Waals surface area contributed by atoms with Crippen LogP contribution in [0.1, 0.15) is 27.4 Å². The van der Waals surface area contributed by atoms with Crippen molar-refractivity contribution in [2.45, 2.75) is 13.8 Å². The summed E-state index contributed by atoms with van der Waals surface area (Å²) in [6.45, 7) is 3.70. The van der Waals surface area contributed by atoms with Crippen molar-refractivity contribution in [2.24, 2.45) is 7.05 Å². The Morgan fingerprint density at radius 2 is 2.06 bits per heavy atom. The molecule has 5 heteroatoms. The summed E-state index contributed by atoms with van der Waals surface area (Å²) in [6.07, 6.45) is 1.46. The van der Waals surface area contributed by atoms with E-state index in [1.165, 1.54) is 10.9 Å². The van der Waals surface area contributed by atoms with Crippen LogP contribution in [0.4, 0.5) is 0 Å². The van der Waals surface area contributed by atoms with Gasteiger partial charge in [0.15, 0.2) is 0 Å². The number of halogens is 1. The summed E-state index contributed by atoms with van der Waals surface area (Å²) >= 11 is 5.95. The molecule has 0 saturated heterocycles. The Morgan fingerprint density at radius 3 is 2.59 bits per heavy atom. The van der Waals surface area contributed by atoms with Gasteiger partial charge in [-0.05, 0) is 26.0 Å². The standard InChI is InChI=1S/C12H12ClN3O/c1-7-4-5-9(8(2)15-7)12(17)11-10(13)6-14-16(11)3/h4-6H,1-3H3. The average Bonchev–Trinajstić information content (AvgIpc) is 2.58. The summed E-state index contributed by atoms with van der Waals surface area (Å²) in [5.41, 5.74) is 2.53. The number of hydrogen-bond acceptors (Lipinski definition) is 3. The van der Waals surface area contributed by atoms with Gasteiger partial charge in [0.25, 0.3) is 0 Å². The summed E-state index contributed by atoms with van der Waals surface area (Å²) in [7, 11) is 1.69. The van der Waals surface area contributed by atoms with Crippen LogP contribution >= 0.6 is 11.6 Å². The Balaban J connectivity index is 2.51. The van der Waals surface area contributed by atoms with Gasteiger partial charge in [0, 0.05) is 24.0 Å². The Bertz CT molecular complexity index is 570. The molecule has 0 aromatic carbocycles. The van der Waals surface area contributed by atoms with Crippen molar-refractivity contribution in [2.75, 3.05) is 0 Å². The molecule has 0 N–H and O–H groups in total. The first-order valence-corrected chi connectivity index (χ1v) is 5.55. The number of carbonyl (C=O) groups excluding carboxylic acids is 1. The minimum Gasteiger partial charge on any atom is -0.287 e. The van der Waals surface area contributed by atoms with Crippen LogP contribution in [0.25, 0.3) is 0 Å². The molecule has 0 aliphatic rings. The molecule has 2 aromatic heterocycles. The molecule has 0 radical (unpaired) electrons. The Hall–Kier alpha value is -1.68. The van der Waals surface area contributed by atoms with E-state index in [1.54, 1.807) is 13.1 Å². The highest BCUT2D eigenvalue weighted by Gasteiger charge is 2.19. The lowest BCUT2D eigenvalue weighted by atomic mass is 10.1. The number of aryl methyl sites for hydroxylation is 3. The summed E-state index contributed by atoms with van der Waals surface area (Å²) in [5, 5.41) is 4.31. The van der Waals surface area contributed by atoms with Crippen molar-refractivity contribution in [1.82, 2.24) is 14.8 Å². The van der Waals surface area contributed by atoms with Crippen LogP contribution in [-0.2, 0) is 7.05 Å². The zero-order valence-corrected chi connectivity index (χ0v) is 10.6. The van der Waals surface area contributed by atoms with Gasteiger partial charge < -0.3 is 0 Å². The van der Waals surface area contributed by atoms with Crippen molar-refractivity contribution in [1.29, 1.82) is 0 Å². The fourth-order valence-electron chi connectivity index (χ4n) is 1.72. The van der Waals surface area contributed by atoms with Gasteiger partial charge in [-0.3, -0.25) is 14.5 Å². The van der Waals surface area contributed by atoms with E-state index in [1.807, 2.05) is 19.9 Å². The summed E-state index contributed by atoms with van der Waals surface area (Å²) in [5.74, 6) is -0.153. The van der Waals surface area contributed by atoms with Gasteiger partial charge in [0.05, 0.1) is 11.2 Å². The van der Waals surface area contributed by atoms with Gasteiger partial charge in [-0.2, -0.15) is 5.10 Å². The largest absolute Gasteiger partial charge is 0.287 e. The maximum absolute atomic E-state index is 12.3. The van der Waals surface area contributed by atoms with E-state index in [2.05, 4.69) is 10.1 Å². The van der Waals surface area contributed by atoms with Crippen molar-refractivity contribution in [3.63, 3.8) is 0 Å². The van der Waals surface area contributed by atoms with Gasteiger partial charge in [0.2, 0.25) is 5.78 Å². The van der Waals surface area contributed by atoms with Crippen molar-refractivity contribution in [3.8, 4) is 0 Å². The van der Waals surface area contributed by atoms with Gasteiger partial charge in [-0.25, -0.2) is 0 Å². The molecule has 4 nitrogen and oxygen atoms in total. The topological polar surface area (TPSA) is 47.8 Å². The monoisotopic (exact) mass is 249 g/mol. The van der Waals surface area contributed by atoms with Crippen LogP contribution in [0.5, 0.6) is 0 Å². The molecular formula is C12H12ClN3O. The first-order valence-electron chi connectivity index (χ1n) is 5.17. The van der Waals surface area contributed by atoms with E-state index in [-0.39, 0.29) is 5.78 Å². The van der Waals surface area contributed by atoms with Crippen LogP contribution < -0.4 is 0 Å². The number of hydrogen-bond donors (Lipinski definition) is 0.